The molecule has 0 spiro atoms. The number of halogens is 1. The minimum atomic E-state index is -1.25. The highest BCUT2D eigenvalue weighted by atomic mass is 35.5. The third kappa shape index (κ3) is 4.08. The van der Waals surface area contributed by atoms with Gasteiger partial charge in [-0.2, -0.15) is 0 Å². The summed E-state index contributed by atoms with van der Waals surface area (Å²) in [5.41, 5.74) is -1.25. The van der Waals surface area contributed by atoms with Crippen LogP contribution in [0.5, 0.6) is 0 Å². The molecule has 1 fully saturated rings. The van der Waals surface area contributed by atoms with Crippen molar-refractivity contribution in [3.05, 3.63) is 17.0 Å². The molecule has 1 atom stereocenters. The molecule has 0 radical (unpaired) electrons. The Kier molecular flexibility index (Phi) is 5.85. The van der Waals surface area contributed by atoms with Gasteiger partial charge in [-0.25, -0.2) is 19.7 Å². The normalized spacial score (nSPS) is 21.8. The van der Waals surface area contributed by atoms with Gasteiger partial charge in [0, 0.05) is 37.7 Å². The number of hydrogen-bond acceptors (Lipinski definition) is 7. The highest BCUT2D eigenvalue weighted by molar-refractivity contribution is 6.28. The Bertz CT molecular complexity index is 819. The number of fused-ring (bicyclic) bond motifs is 1. The molecule has 1 unspecified atom stereocenters. The number of anilines is 1. The van der Waals surface area contributed by atoms with E-state index in [2.05, 4.69) is 9.97 Å². The number of carbonyl (C=O) groups excluding carboxylic acids is 3. The van der Waals surface area contributed by atoms with Crippen molar-refractivity contribution < 1.29 is 19.1 Å². The number of hydrogen-bond donors (Lipinski definition) is 0. The fourth-order valence-corrected chi connectivity index (χ4v) is 4.43. The predicted octanol–water partition coefficient (Wildman–Crippen LogP) is 3.16. The monoisotopic (exact) mass is 422 g/mol. The molecule has 0 bridgehead atoms. The lowest BCUT2D eigenvalue weighted by Crippen LogP contribution is -2.62. The highest BCUT2D eigenvalue weighted by Gasteiger charge is 2.55. The Balaban J connectivity index is 2.04. The zero-order valence-electron chi connectivity index (χ0n) is 17.3. The molecular formula is C20H27ClN4O4. The second kappa shape index (κ2) is 7.89. The molecule has 0 saturated heterocycles. The number of imide groups is 1. The molecule has 1 aromatic heterocycles. The van der Waals surface area contributed by atoms with Crippen LogP contribution in [0.2, 0.25) is 5.28 Å². The fourth-order valence-electron chi connectivity index (χ4n) is 4.30. The van der Waals surface area contributed by atoms with Gasteiger partial charge in [0.1, 0.15) is 23.2 Å². The number of aromatic nitrogens is 2. The first-order valence-corrected chi connectivity index (χ1v) is 10.2. The van der Waals surface area contributed by atoms with Crippen LogP contribution in [-0.4, -0.2) is 57.4 Å². The summed E-state index contributed by atoms with van der Waals surface area (Å²) in [6.45, 7) is 5.20. The second-order valence-electron chi connectivity index (χ2n) is 8.72. The number of ether oxygens (including phenoxy) is 1. The van der Waals surface area contributed by atoms with E-state index in [0.717, 1.165) is 42.4 Å². The zero-order valence-corrected chi connectivity index (χ0v) is 18.0. The summed E-state index contributed by atoms with van der Waals surface area (Å²) >= 11 is 6.04. The SMILES string of the molecule is CN(C(=O)OC(C)(C)C)C(=O)C1(CC=O)Cc2cnc(Cl)nc2N1C1CCCC1. The van der Waals surface area contributed by atoms with Gasteiger partial charge in [-0.15, -0.1) is 0 Å². The van der Waals surface area contributed by atoms with Gasteiger partial charge in [-0.1, -0.05) is 12.8 Å². The number of carbonyl (C=O) groups is 3. The van der Waals surface area contributed by atoms with Crippen molar-refractivity contribution in [1.29, 1.82) is 0 Å². The first kappa shape index (κ1) is 21.5. The van der Waals surface area contributed by atoms with Crippen molar-refractivity contribution in [3.63, 3.8) is 0 Å². The number of nitrogens with zero attached hydrogens (tertiary/aromatic N) is 4. The van der Waals surface area contributed by atoms with E-state index >= 15 is 0 Å². The summed E-state index contributed by atoms with van der Waals surface area (Å²) in [6, 6.07) is 0.0400. The van der Waals surface area contributed by atoms with Gasteiger partial charge in [-0.05, 0) is 45.2 Å². The van der Waals surface area contributed by atoms with Gasteiger partial charge in [0.2, 0.25) is 5.28 Å². The number of likely N-dealkylation sites (N-methyl/N-ethyl adjacent to an activating group) is 1. The van der Waals surface area contributed by atoms with E-state index in [1.807, 2.05) is 4.90 Å². The summed E-state index contributed by atoms with van der Waals surface area (Å²) in [6.07, 6.45) is 5.56. The van der Waals surface area contributed by atoms with Gasteiger partial charge in [0.05, 0.1) is 0 Å². The molecule has 1 saturated carbocycles. The minimum absolute atomic E-state index is 0.0400. The predicted molar refractivity (Wildman–Crippen MR) is 108 cm³/mol. The average Bonchev–Trinajstić information content (AvgIpc) is 3.25. The van der Waals surface area contributed by atoms with E-state index in [4.69, 9.17) is 16.3 Å². The first-order valence-electron chi connectivity index (χ1n) is 9.84. The van der Waals surface area contributed by atoms with Crippen LogP contribution in [0.4, 0.5) is 10.6 Å². The molecule has 1 aliphatic carbocycles. The van der Waals surface area contributed by atoms with Gasteiger partial charge >= 0.3 is 6.09 Å². The summed E-state index contributed by atoms with van der Waals surface area (Å²) in [5.74, 6) is 0.0876. The largest absolute Gasteiger partial charge is 0.443 e. The quantitative estimate of drug-likeness (QED) is 0.543. The maximum atomic E-state index is 13.6. The Hall–Kier alpha value is -2.22. The maximum absolute atomic E-state index is 13.6. The van der Waals surface area contributed by atoms with Crippen LogP contribution in [0, 0.1) is 0 Å². The van der Waals surface area contributed by atoms with Gasteiger partial charge < -0.3 is 14.4 Å². The molecule has 1 aromatic rings. The second-order valence-corrected chi connectivity index (χ2v) is 9.06. The van der Waals surface area contributed by atoms with Crippen LogP contribution in [0.15, 0.2) is 6.20 Å². The van der Waals surface area contributed by atoms with Crippen LogP contribution in [0.25, 0.3) is 0 Å². The smallest absolute Gasteiger partial charge is 0.416 e. The molecule has 2 amide bonds. The fraction of sp³-hybridized carbons (Fsp3) is 0.650. The highest BCUT2D eigenvalue weighted by Crippen LogP contribution is 2.45. The standard InChI is InChI=1S/C20H27ClN4O4/c1-19(2,3)29-18(28)24(4)16(27)20(9-10-26)11-13-12-22-17(21)23-15(13)25(20)14-7-5-6-8-14/h10,12,14H,5-9,11H2,1-4H3. The minimum Gasteiger partial charge on any atom is -0.443 e. The van der Waals surface area contributed by atoms with Crippen molar-refractivity contribution >= 4 is 35.7 Å². The van der Waals surface area contributed by atoms with Crippen LogP contribution < -0.4 is 4.90 Å². The summed E-state index contributed by atoms with van der Waals surface area (Å²) in [5, 5.41) is 0.0848. The van der Waals surface area contributed by atoms with E-state index in [9.17, 15) is 14.4 Å². The van der Waals surface area contributed by atoms with Crippen LogP contribution in [-0.2, 0) is 20.7 Å². The molecule has 0 aromatic carbocycles. The van der Waals surface area contributed by atoms with Gasteiger partial charge in [-0.3, -0.25) is 4.79 Å². The van der Waals surface area contributed by atoms with Crippen molar-refractivity contribution in [3.8, 4) is 0 Å². The molecule has 3 rings (SSSR count). The lowest BCUT2D eigenvalue weighted by atomic mass is 9.88. The summed E-state index contributed by atoms with van der Waals surface area (Å²) < 4.78 is 5.37. The van der Waals surface area contributed by atoms with E-state index in [-0.39, 0.29) is 24.2 Å². The number of aldehydes is 1. The van der Waals surface area contributed by atoms with E-state index in [1.165, 1.54) is 7.05 Å². The van der Waals surface area contributed by atoms with Gasteiger partial charge in [0.15, 0.2) is 0 Å². The molecule has 9 heteroatoms. The number of amides is 2. The molecule has 2 heterocycles. The molecule has 8 nitrogen and oxygen atoms in total. The third-order valence-corrected chi connectivity index (χ3v) is 5.65. The Labute approximate surface area is 175 Å². The van der Waals surface area contributed by atoms with E-state index < -0.39 is 23.1 Å². The summed E-state index contributed by atoms with van der Waals surface area (Å²) in [7, 11) is 1.39. The molecule has 0 N–H and O–H groups in total. The van der Waals surface area contributed by atoms with Crippen LogP contribution in [0.1, 0.15) is 58.4 Å². The Morgan fingerprint density at radius 2 is 2.03 bits per heavy atom. The lowest BCUT2D eigenvalue weighted by Gasteiger charge is -2.42. The van der Waals surface area contributed by atoms with Crippen LogP contribution >= 0.6 is 11.6 Å². The lowest BCUT2D eigenvalue weighted by molar-refractivity contribution is -0.136. The van der Waals surface area contributed by atoms with Crippen LogP contribution in [0.3, 0.4) is 0 Å². The van der Waals surface area contributed by atoms with E-state index in [0.29, 0.717) is 5.82 Å². The topological polar surface area (TPSA) is 92.7 Å². The van der Waals surface area contributed by atoms with E-state index in [1.54, 1.807) is 27.0 Å². The first-order chi connectivity index (χ1) is 13.6. The molecule has 29 heavy (non-hydrogen) atoms. The van der Waals surface area contributed by atoms with Crippen molar-refractivity contribution in [1.82, 2.24) is 14.9 Å². The van der Waals surface area contributed by atoms with Crippen molar-refractivity contribution in [2.24, 2.45) is 0 Å². The van der Waals surface area contributed by atoms with Crippen molar-refractivity contribution in [2.45, 2.75) is 76.5 Å². The maximum Gasteiger partial charge on any atom is 0.416 e. The molecular weight excluding hydrogens is 396 g/mol. The molecule has 2 aliphatic rings. The summed E-state index contributed by atoms with van der Waals surface area (Å²) in [4.78, 5) is 49.2. The Morgan fingerprint density at radius 1 is 1.38 bits per heavy atom. The number of rotatable bonds is 4. The molecule has 158 valence electrons. The zero-order chi connectivity index (χ0) is 21.4. The Morgan fingerprint density at radius 3 is 2.62 bits per heavy atom. The average molecular weight is 423 g/mol. The molecule has 1 aliphatic heterocycles. The van der Waals surface area contributed by atoms with Crippen molar-refractivity contribution in [2.75, 3.05) is 11.9 Å². The third-order valence-electron chi connectivity index (χ3n) is 5.47. The van der Waals surface area contributed by atoms with Gasteiger partial charge in [0.25, 0.3) is 5.91 Å².